The first-order valence-electron chi connectivity index (χ1n) is 7.98. The number of hydrogen-bond donors (Lipinski definition) is 1. The fraction of sp³-hybridized carbons (Fsp3) is 0.667. The number of hydrogen-bond acceptors (Lipinski definition) is 2. The summed E-state index contributed by atoms with van der Waals surface area (Å²) in [7, 11) is 2.06. The SMILES string of the molecule is CCN(CC(NC)c1ccc(CC(C)C)cc1)C(C)C. The lowest BCUT2D eigenvalue weighted by molar-refractivity contribution is 0.210. The molecule has 1 N–H and O–H groups in total. The molecule has 1 unspecified atom stereocenters. The van der Waals surface area contributed by atoms with Gasteiger partial charge in [0.05, 0.1) is 0 Å². The molecule has 114 valence electrons. The first-order valence-corrected chi connectivity index (χ1v) is 7.98. The van der Waals surface area contributed by atoms with E-state index in [4.69, 9.17) is 0 Å². The Morgan fingerprint density at radius 3 is 2.05 bits per heavy atom. The second-order valence-electron chi connectivity index (χ2n) is 6.36. The zero-order valence-electron chi connectivity index (χ0n) is 14.1. The lowest BCUT2D eigenvalue weighted by atomic mass is 9.99. The second-order valence-corrected chi connectivity index (χ2v) is 6.36. The maximum Gasteiger partial charge on any atom is 0.0446 e. The van der Waals surface area contributed by atoms with Gasteiger partial charge in [-0.25, -0.2) is 0 Å². The molecule has 20 heavy (non-hydrogen) atoms. The molecule has 1 aromatic rings. The molecule has 0 aliphatic carbocycles. The Hall–Kier alpha value is -0.860. The van der Waals surface area contributed by atoms with Crippen molar-refractivity contribution in [1.29, 1.82) is 0 Å². The predicted octanol–water partition coefficient (Wildman–Crippen LogP) is 3.88. The van der Waals surface area contributed by atoms with Gasteiger partial charge in [0.25, 0.3) is 0 Å². The Kier molecular flexibility index (Phi) is 7.25. The lowest BCUT2D eigenvalue weighted by Gasteiger charge is -2.29. The summed E-state index contributed by atoms with van der Waals surface area (Å²) in [6.07, 6.45) is 1.16. The van der Waals surface area contributed by atoms with Gasteiger partial charge >= 0.3 is 0 Å². The quantitative estimate of drug-likeness (QED) is 0.775. The largest absolute Gasteiger partial charge is 0.312 e. The third kappa shape index (κ3) is 5.26. The van der Waals surface area contributed by atoms with Crippen molar-refractivity contribution in [2.45, 2.75) is 53.1 Å². The summed E-state index contributed by atoms with van der Waals surface area (Å²) in [6, 6.07) is 10.1. The number of rotatable bonds is 8. The zero-order chi connectivity index (χ0) is 15.1. The Morgan fingerprint density at radius 1 is 1.05 bits per heavy atom. The Labute approximate surface area is 125 Å². The van der Waals surface area contributed by atoms with Gasteiger partial charge < -0.3 is 5.32 Å². The average molecular weight is 276 g/mol. The van der Waals surface area contributed by atoms with Crippen molar-refractivity contribution >= 4 is 0 Å². The lowest BCUT2D eigenvalue weighted by Crippen LogP contribution is -2.38. The van der Waals surface area contributed by atoms with E-state index in [9.17, 15) is 0 Å². The van der Waals surface area contributed by atoms with E-state index in [1.807, 2.05) is 0 Å². The van der Waals surface area contributed by atoms with E-state index in [0.717, 1.165) is 25.4 Å². The zero-order valence-corrected chi connectivity index (χ0v) is 14.1. The molecule has 0 radical (unpaired) electrons. The number of nitrogens with zero attached hydrogens (tertiary/aromatic N) is 1. The molecule has 0 aliphatic rings. The van der Waals surface area contributed by atoms with Gasteiger partial charge in [-0.05, 0) is 50.9 Å². The minimum absolute atomic E-state index is 0.408. The highest BCUT2D eigenvalue weighted by Crippen LogP contribution is 2.17. The van der Waals surface area contributed by atoms with E-state index < -0.39 is 0 Å². The maximum atomic E-state index is 3.46. The van der Waals surface area contributed by atoms with Crippen LogP contribution in [0.2, 0.25) is 0 Å². The molecule has 0 aliphatic heterocycles. The van der Waals surface area contributed by atoms with Crippen molar-refractivity contribution in [3.8, 4) is 0 Å². The van der Waals surface area contributed by atoms with Gasteiger partial charge in [0.1, 0.15) is 0 Å². The van der Waals surface area contributed by atoms with Crippen LogP contribution in [0.25, 0.3) is 0 Å². The molecule has 0 spiro atoms. The molecule has 0 amide bonds. The van der Waals surface area contributed by atoms with E-state index in [0.29, 0.717) is 12.1 Å². The molecule has 0 heterocycles. The summed E-state index contributed by atoms with van der Waals surface area (Å²) in [5.74, 6) is 0.720. The summed E-state index contributed by atoms with van der Waals surface area (Å²) in [5.41, 5.74) is 2.83. The summed E-state index contributed by atoms with van der Waals surface area (Å²) in [5, 5.41) is 3.46. The van der Waals surface area contributed by atoms with Gasteiger partial charge in [-0.3, -0.25) is 4.90 Å². The predicted molar refractivity (Wildman–Crippen MR) is 89.2 cm³/mol. The highest BCUT2D eigenvalue weighted by atomic mass is 15.2. The van der Waals surface area contributed by atoms with Gasteiger partial charge in [0, 0.05) is 18.6 Å². The van der Waals surface area contributed by atoms with Crippen molar-refractivity contribution in [3.05, 3.63) is 35.4 Å². The smallest absolute Gasteiger partial charge is 0.0446 e. The first kappa shape index (κ1) is 17.2. The van der Waals surface area contributed by atoms with Crippen molar-refractivity contribution in [1.82, 2.24) is 10.2 Å². The van der Waals surface area contributed by atoms with Crippen molar-refractivity contribution in [2.75, 3.05) is 20.1 Å². The van der Waals surface area contributed by atoms with E-state index >= 15 is 0 Å². The molecule has 2 heteroatoms. The fourth-order valence-electron chi connectivity index (χ4n) is 2.66. The van der Waals surface area contributed by atoms with Crippen LogP contribution in [0.3, 0.4) is 0 Å². The highest BCUT2D eigenvalue weighted by Gasteiger charge is 2.15. The molecule has 0 fully saturated rings. The van der Waals surface area contributed by atoms with Crippen LogP contribution in [0.1, 0.15) is 51.8 Å². The Morgan fingerprint density at radius 2 is 1.65 bits per heavy atom. The van der Waals surface area contributed by atoms with Crippen LogP contribution in [-0.4, -0.2) is 31.1 Å². The average Bonchev–Trinajstić information content (AvgIpc) is 2.40. The van der Waals surface area contributed by atoms with E-state index in [1.54, 1.807) is 0 Å². The van der Waals surface area contributed by atoms with Gasteiger partial charge in [0.2, 0.25) is 0 Å². The molecular weight excluding hydrogens is 244 g/mol. The Bertz CT molecular complexity index is 368. The third-order valence-electron chi connectivity index (χ3n) is 3.93. The van der Waals surface area contributed by atoms with Crippen molar-refractivity contribution in [2.24, 2.45) is 5.92 Å². The summed E-state index contributed by atoms with van der Waals surface area (Å²) >= 11 is 0. The van der Waals surface area contributed by atoms with E-state index in [1.165, 1.54) is 11.1 Å². The van der Waals surface area contributed by atoms with Crippen LogP contribution < -0.4 is 5.32 Å². The molecule has 0 saturated heterocycles. The fourth-order valence-corrected chi connectivity index (χ4v) is 2.66. The highest BCUT2D eigenvalue weighted by molar-refractivity contribution is 5.25. The van der Waals surface area contributed by atoms with E-state index in [2.05, 4.69) is 76.1 Å². The minimum atomic E-state index is 0.408. The summed E-state index contributed by atoms with van der Waals surface area (Å²) in [6.45, 7) is 13.5. The normalized spacial score (nSPS) is 13.4. The van der Waals surface area contributed by atoms with Gasteiger partial charge in [-0.15, -0.1) is 0 Å². The summed E-state index contributed by atoms with van der Waals surface area (Å²) in [4.78, 5) is 2.50. The first-order chi connectivity index (χ1) is 9.47. The minimum Gasteiger partial charge on any atom is -0.312 e. The maximum absolute atomic E-state index is 3.46. The van der Waals surface area contributed by atoms with Crippen LogP contribution in [0.15, 0.2) is 24.3 Å². The molecule has 1 atom stereocenters. The van der Waals surface area contributed by atoms with Crippen LogP contribution in [0, 0.1) is 5.92 Å². The summed E-state index contributed by atoms with van der Waals surface area (Å²) < 4.78 is 0. The van der Waals surface area contributed by atoms with Crippen LogP contribution in [0.4, 0.5) is 0 Å². The molecule has 1 rings (SSSR count). The third-order valence-corrected chi connectivity index (χ3v) is 3.93. The van der Waals surface area contributed by atoms with Crippen LogP contribution >= 0.6 is 0 Å². The molecule has 0 bridgehead atoms. The number of likely N-dealkylation sites (N-methyl/N-ethyl adjacent to an activating group) is 2. The number of benzene rings is 1. The van der Waals surface area contributed by atoms with Gasteiger partial charge in [0.15, 0.2) is 0 Å². The molecule has 1 aromatic carbocycles. The van der Waals surface area contributed by atoms with Crippen molar-refractivity contribution < 1.29 is 0 Å². The molecule has 2 nitrogen and oxygen atoms in total. The van der Waals surface area contributed by atoms with Crippen LogP contribution in [-0.2, 0) is 6.42 Å². The topological polar surface area (TPSA) is 15.3 Å². The van der Waals surface area contributed by atoms with Crippen molar-refractivity contribution in [3.63, 3.8) is 0 Å². The van der Waals surface area contributed by atoms with Gasteiger partial charge in [-0.1, -0.05) is 45.0 Å². The molecule has 0 aromatic heterocycles. The standard InChI is InChI=1S/C18H32N2/c1-7-20(15(4)5)13-18(19-6)17-10-8-16(9-11-17)12-14(2)3/h8-11,14-15,18-19H,7,12-13H2,1-6H3. The molecule has 0 saturated carbocycles. The van der Waals surface area contributed by atoms with E-state index in [-0.39, 0.29) is 0 Å². The second kappa shape index (κ2) is 8.43. The van der Waals surface area contributed by atoms with Gasteiger partial charge in [-0.2, -0.15) is 0 Å². The molecular formula is C18H32N2. The number of nitrogens with one attached hydrogen (secondary N) is 1. The monoisotopic (exact) mass is 276 g/mol. The Balaban J connectivity index is 2.74. The van der Waals surface area contributed by atoms with Crippen LogP contribution in [0.5, 0.6) is 0 Å².